The minimum absolute atomic E-state index is 0.483. The van der Waals surface area contributed by atoms with Gasteiger partial charge in [0.15, 0.2) is 0 Å². The molecule has 1 aromatic rings. The number of nitrogens with two attached hydrogens (primary N) is 1. The van der Waals surface area contributed by atoms with Crippen LogP contribution in [0.4, 0.5) is 5.82 Å². The van der Waals surface area contributed by atoms with E-state index in [-0.39, 0.29) is 0 Å². The smallest absolute Gasteiger partial charge is 0.221 e. The van der Waals surface area contributed by atoms with Crippen LogP contribution in [0.5, 0.6) is 5.88 Å². The van der Waals surface area contributed by atoms with Crippen molar-refractivity contribution in [2.24, 2.45) is 0 Å². The molecule has 5 nitrogen and oxygen atoms in total. The van der Waals surface area contributed by atoms with Crippen molar-refractivity contribution in [3.05, 3.63) is 11.9 Å². The summed E-state index contributed by atoms with van der Waals surface area (Å²) in [7, 11) is 0. The average Bonchev–Trinajstić information content (AvgIpc) is 2.24. The lowest BCUT2D eigenvalue weighted by Crippen LogP contribution is -2.10. The Bertz CT molecular complexity index is 305. The Morgan fingerprint density at radius 1 is 1.27 bits per heavy atom. The zero-order valence-corrected chi connectivity index (χ0v) is 9.19. The lowest BCUT2D eigenvalue weighted by molar-refractivity contribution is 0.108. The highest BCUT2D eigenvalue weighted by molar-refractivity contribution is 5.44. The van der Waals surface area contributed by atoms with Crippen LogP contribution in [0, 0.1) is 0 Å². The Kier molecular flexibility index (Phi) is 4.83. The first kappa shape index (κ1) is 11.7. The van der Waals surface area contributed by atoms with Crippen molar-refractivity contribution in [2.75, 3.05) is 25.6 Å². The first-order valence-electron chi connectivity index (χ1n) is 5.09. The molecule has 0 unspecified atom stereocenters. The lowest BCUT2D eigenvalue weighted by atomic mass is 10.2. The zero-order valence-electron chi connectivity index (χ0n) is 9.19. The lowest BCUT2D eigenvalue weighted by Gasteiger charge is -2.09. The van der Waals surface area contributed by atoms with Crippen LogP contribution in [-0.2, 0) is 11.2 Å². The summed E-state index contributed by atoms with van der Waals surface area (Å²) in [6.07, 6.45) is 2.17. The minimum Gasteiger partial charge on any atom is -0.475 e. The van der Waals surface area contributed by atoms with Gasteiger partial charge in [-0.2, -0.15) is 0 Å². The van der Waals surface area contributed by atoms with Crippen molar-refractivity contribution in [3.8, 4) is 5.88 Å². The van der Waals surface area contributed by atoms with E-state index in [2.05, 4.69) is 9.97 Å². The molecule has 1 heterocycles. The summed E-state index contributed by atoms with van der Waals surface area (Å²) in [6, 6.07) is 0. The predicted octanol–water partition coefficient (Wildman–Crippen LogP) is 1.04. The van der Waals surface area contributed by atoms with E-state index in [9.17, 15) is 0 Å². The quantitative estimate of drug-likeness (QED) is 0.712. The summed E-state index contributed by atoms with van der Waals surface area (Å²) < 4.78 is 10.6. The molecule has 1 aromatic heterocycles. The molecular weight excluding hydrogens is 194 g/mol. The summed E-state index contributed by atoms with van der Waals surface area (Å²) in [6.45, 7) is 5.67. The topological polar surface area (TPSA) is 70.3 Å². The van der Waals surface area contributed by atoms with Crippen LogP contribution in [0.25, 0.3) is 0 Å². The third-order valence-electron chi connectivity index (χ3n) is 1.96. The highest BCUT2D eigenvalue weighted by atomic mass is 16.5. The van der Waals surface area contributed by atoms with Crippen molar-refractivity contribution in [3.63, 3.8) is 0 Å². The molecule has 15 heavy (non-hydrogen) atoms. The number of hydrogen-bond donors (Lipinski definition) is 1. The minimum atomic E-state index is 0.483. The van der Waals surface area contributed by atoms with Gasteiger partial charge in [0.2, 0.25) is 5.88 Å². The molecule has 0 aromatic carbocycles. The molecule has 1 rings (SSSR count). The van der Waals surface area contributed by atoms with Crippen LogP contribution in [0.3, 0.4) is 0 Å². The number of ether oxygens (including phenoxy) is 2. The second-order valence-electron chi connectivity index (χ2n) is 2.94. The summed E-state index contributed by atoms with van der Waals surface area (Å²) in [5.74, 6) is 1.05. The molecule has 0 bridgehead atoms. The maximum Gasteiger partial charge on any atom is 0.221 e. The van der Waals surface area contributed by atoms with Crippen LogP contribution in [-0.4, -0.2) is 29.8 Å². The molecule has 0 atom stereocenters. The molecule has 2 N–H and O–H groups in total. The Morgan fingerprint density at radius 2 is 2.07 bits per heavy atom. The summed E-state index contributed by atoms with van der Waals surface area (Å²) in [4.78, 5) is 7.95. The molecule has 0 saturated carbocycles. The zero-order chi connectivity index (χ0) is 11.1. The molecule has 5 heteroatoms. The van der Waals surface area contributed by atoms with Gasteiger partial charge in [-0.05, 0) is 13.3 Å². The van der Waals surface area contributed by atoms with E-state index < -0.39 is 0 Å². The highest BCUT2D eigenvalue weighted by Crippen LogP contribution is 2.19. The monoisotopic (exact) mass is 211 g/mol. The molecule has 0 aliphatic rings. The molecule has 0 aliphatic heterocycles. The Hall–Kier alpha value is -1.36. The summed E-state index contributed by atoms with van der Waals surface area (Å²) in [5.41, 5.74) is 6.56. The standard InChI is InChI=1S/C10H17N3O2/c1-3-8-9(11)12-7-13-10(8)15-6-5-14-4-2/h7H,3-6H2,1-2H3,(H2,11,12,13). The normalized spacial score (nSPS) is 10.3. The van der Waals surface area contributed by atoms with Crippen molar-refractivity contribution < 1.29 is 9.47 Å². The highest BCUT2D eigenvalue weighted by Gasteiger charge is 2.07. The van der Waals surface area contributed by atoms with Crippen LogP contribution in [0.15, 0.2) is 6.33 Å². The average molecular weight is 211 g/mol. The molecule has 0 radical (unpaired) electrons. The van der Waals surface area contributed by atoms with Crippen LogP contribution in [0.1, 0.15) is 19.4 Å². The van der Waals surface area contributed by atoms with E-state index in [1.165, 1.54) is 6.33 Å². The van der Waals surface area contributed by atoms with E-state index in [1.807, 2.05) is 13.8 Å². The van der Waals surface area contributed by atoms with E-state index in [1.54, 1.807) is 0 Å². The van der Waals surface area contributed by atoms with Crippen LogP contribution in [0.2, 0.25) is 0 Å². The first-order chi connectivity index (χ1) is 7.29. The van der Waals surface area contributed by atoms with Gasteiger partial charge in [-0.15, -0.1) is 0 Å². The fourth-order valence-electron chi connectivity index (χ4n) is 1.21. The maximum absolute atomic E-state index is 5.70. The number of anilines is 1. The molecular formula is C10H17N3O2. The van der Waals surface area contributed by atoms with Gasteiger partial charge in [0.25, 0.3) is 0 Å². The third-order valence-corrected chi connectivity index (χ3v) is 1.96. The van der Waals surface area contributed by atoms with E-state index >= 15 is 0 Å². The van der Waals surface area contributed by atoms with E-state index in [0.717, 1.165) is 12.0 Å². The third kappa shape index (κ3) is 3.36. The van der Waals surface area contributed by atoms with E-state index in [0.29, 0.717) is 31.5 Å². The largest absolute Gasteiger partial charge is 0.475 e. The van der Waals surface area contributed by atoms with Gasteiger partial charge in [-0.3, -0.25) is 0 Å². The van der Waals surface area contributed by atoms with Crippen LogP contribution >= 0.6 is 0 Å². The molecule has 0 fully saturated rings. The second kappa shape index (κ2) is 6.19. The molecule has 0 amide bonds. The Labute approximate surface area is 89.6 Å². The number of rotatable bonds is 6. The van der Waals surface area contributed by atoms with Gasteiger partial charge in [0.1, 0.15) is 18.8 Å². The number of hydrogen-bond acceptors (Lipinski definition) is 5. The van der Waals surface area contributed by atoms with Gasteiger partial charge in [-0.1, -0.05) is 6.92 Å². The van der Waals surface area contributed by atoms with E-state index in [4.69, 9.17) is 15.2 Å². The molecule has 84 valence electrons. The predicted molar refractivity (Wildman–Crippen MR) is 57.8 cm³/mol. The fourth-order valence-corrected chi connectivity index (χ4v) is 1.21. The SMILES string of the molecule is CCOCCOc1ncnc(N)c1CC. The number of nitrogen functional groups attached to an aromatic ring is 1. The second-order valence-corrected chi connectivity index (χ2v) is 2.94. The summed E-state index contributed by atoms with van der Waals surface area (Å²) >= 11 is 0. The van der Waals surface area contributed by atoms with Crippen LogP contribution < -0.4 is 10.5 Å². The number of aromatic nitrogens is 2. The van der Waals surface area contributed by atoms with Crippen molar-refractivity contribution in [2.45, 2.75) is 20.3 Å². The molecule has 0 spiro atoms. The number of nitrogens with zero attached hydrogens (tertiary/aromatic N) is 2. The molecule has 0 saturated heterocycles. The van der Waals surface area contributed by atoms with Gasteiger partial charge in [0, 0.05) is 6.61 Å². The van der Waals surface area contributed by atoms with Gasteiger partial charge < -0.3 is 15.2 Å². The van der Waals surface area contributed by atoms with Gasteiger partial charge in [0.05, 0.1) is 12.2 Å². The van der Waals surface area contributed by atoms with Crippen molar-refractivity contribution >= 4 is 5.82 Å². The fraction of sp³-hybridized carbons (Fsp3) is 0.600. The summed E-state index contributed by atoms with van der Waals surface area (Å²) in [5, 5.41) is 0. The van der Waals surface area contributed by atoms with Gasteiger partial charge in [-0.25, -0.2) is 9.97 Å². The Morgan fingerprint density at radius 3 is 2.73 bits per heavy atom. The maximum atomic E-state index is 5.70. The van der Waals surface area contributed by atoms with Gasteiger partial charge >= 0.3 is 0 Å². The van der Waals surface area contributed by atoms with Crippen molar-refractivity contribution in [1.29, 1.82) is 0 Å². The van der Waals surface area contributed by atoms with Crippen molar-refractivity contribution in [1.82, 2.24) is 9.97 Å². The Balaban J connectivity index is 2.56. The molecule has 0 aliphatic carbocycles. The first-order valence-corrected chi connectivity index (χ1v) is 5.09.